The van der Waals surface area contributed by atoms with Gasteiger partial charge in [-0.3, -0.25) is 0 Å². The van der Waals surface area contributed by atoms with Crippen LogP contribution >= 0.6 is 11.6 Å². The van der Waals surface area contributed by atoms with E-state index in [-0.39, 0.29) is 35.9 Å². The van der Waals surface area contributed by atoms with Crippen molar-refractivity contribution >= 4 is 27.3 Å². The van der Waals surface area contributed by atoms with Crippen LogP contribution in [0.15, 0.2) is 66.1 Å². The van der Waals surface area contributed by atoms with E-state index in [0.717, 1.165) is 5.56 Å². The summed E-state index contributed by atoms with van der Waals surface area (Å²) >= 11 is 6.41. The second-order valence-electron chi connectivity index (χ2n) is 7.09. The number of halogens is 2. The van der Waals surface area contributed by atoms with Crippen LogP contribution in [-0.4, -0.2) is 41.4 Å². The molecule has 0 radical (unpaired) electrons. The van der Waals surface area contributed by atoms with Crippen molar-refractivity contribution in [3.05, 3.63) is 77.5 Å². The summed E-state index contributed by atoms with van der Waals surface area (Å²) in [5, 5.41) is 3.86. The summed E-state index contributed by atoms with van der Waals surface area (Å²) in [4.78, 5) is 4.01. The first-order valence-corrected chi connectivity index (χ1v) is 10.9. The molecular weight excluding hydrogens is 415 g/mol. The molecule has 1 aliphatic rings. The van der Waals surface area contributed by atoms with E-state index in [4.69, 9.17) is 11.6 Å². The number of nitrogens with zero attached hydrogens (tertiary/aromatic N) is 3. The fraction of sp³-hybridized carbons (Fsp3) is 0.250. The molecule has 1 aromatic heterocycles. The highest BCUT2D eigenvalue weighted by atomic mass is 35.5. The van der Waals surface area contributed by atoms with Gasteiger partial charge in [-0.2, -0.15) is 4.31 Å². The summed E-state index contributed by atoms with van der Waals surface area (Å²) in [6, 6.07) is 13.2. The monoisotopic (exact) mass is 434 g/mol. The van der Waals surface area contributed by atoms with Gasteiger partial charge in [-0.25, -0.2) is 17.8 Å². The summed E-state index contributed by atoms with van der Waals surface area (Å²) in [5.74, 6) is -0.564. The van der Waals surface area contributed by atoms with Crippen molar-refractivity contribution in [2.45, 2.75) is 17.0 Å². The van der Waals surface area contributed by atoms with E-state index in [1.165, 1.54) is 29.0 Å². The van der Waals surface area contributed by atoms with E-state index >= 15 is 0 Å². The van der Waals surface area contributed by atoms with Crippen LogP contribution in [0.5, 0.6) is 0 Å². The van der Waals surface area contributed by atoms with Gasteiger partial charge in [0.1, 0.15) is 5.82 Å². The zero-order chi connectivity index (χ0) is 20.6. The van der Waals surface area contributed by atoms with Crippen LogP contribution < -0.4 is 5.32 Å². The van der Waals surface area contributed by atoms with E-state index in [2.05, 4.69) is 10.3 Å². The van der Waals surface area contributed by atoms with Crippen LogP contribution in [0.4, 0.5) is 10.1 Å². The van der Waals surface area contributed by atoms with Crippen molar-refractivity contribution in [3.63, 3.8) is 0 Å². The van der Waals surface area contributed by atoms with Crippen LogP contribution in [0.2, 0.25) is 5.02 Å². The smallest absolute Gasteiger partial charge is 0.262 e. The lowest BCUT2D eigenvalue weighted by Gasteiger charge is -2.22. The molecule has 1 saturated heterocycles. The van der Waals surface area contributed by atoms with Gasteiger partial charge in [0, 0.05) is 49.0 Å². The Hall–Kier alpha value is -2.42. The van der Waals surface area contributed by atoms with Gasteiger partial charge in [0.2, 0.25) is 0 Å². The highest BCUT2D eigenvalue weighted by Gasteiger charge is 2.41. The Morgan fingerprint density at radius 2 is 1.97 bits per heavy atom. The van der Waals surface area contributed by atoms with Gasteiger partial charge in [0.05, 0.1) is 6.33 Å². The first kappa shape index (κ1) is 19.9. The van der Waals surface area contributed by atoms with Gasteiger partial charge < -0.3 is 9.88 Å². The average Bonchev–Trinajstić information content (AvgIpc) is 3.30. The summed E-state index contributed by atoms with van der Waals surface area (Å²) in [5.41, 5.74) is 1.44. The van der Waals surface area contributed by atoms with Crippen molar-refractivity contribution in [1.29, 1.82) is 0 Å². The van der Waals surface area contributed by atoms with Gasteiger partial charge >= 0.3 is 0 Å². The number of anilines is 1. The summed E-state index contributed by atoms with van der Waals surface area (Å²) in [6.45, 7) is 0.459. The average molecular weight is 435 g/mol. The van der Waals surface area contributed by atoms with Crippen LogP contribution in [0, 0.1) is 5.82 Å². The molecule has 0 spiro atoms. The first-order valence-electron chi connectivity index (χ1n) is 9.09. The highest BCUT2D eigenvalue weighted by molar-refractivity contribution is 7.89. The first-order chi connectivity index (χ1) is 13.8. The molecule has 0 amide bonds. The maximum Gasteiger partial charge on any atom is 0.262 e. The van der Waals surface area contributed by atoms with E-state index < -0.39 is 10.0 Å². The fourth-order valence-corrected chi connectivity index (χ4v) is 5.38. The molecule has 4 rings (SSSR count). The molecule has 9 heteroatoms. The van der Waals surface area contributed by atoms with Gasteiger partial charge in [-0.1, -0.05) is 35.9 Å². The lowest BCUT2D eigenvalue weighted by atomic mass is 9.94. The Balaban J connectivity index is 1.68. The van der Waals surface area contributed by atoms with Crippen molar-refractivity contribution in [1.82, 2.24) is 13.9 Å². The normalized spacial score (nSPS) is 20.1. The largest absolute Gasteiger partial charge is 0.380 e. The molecule has 2 atom stereocenters. The Bertz CT molecular complexity index is 1130. The maximum absolute atomic E-state index is 13.6. The molecule has 29 heavy (non-hydrogen) atoms. The predicted molar refractivity (Wildman–Crippen MR) is 110 cm³/mol. The molecule has 0 saturated carbocycles. The minimum Gasteiger partial charge on any atom is -0.380 e. The third-order valence-electron chi connectivity index (χ3n) is 5.05. The van der Waals surface area contributed by atoms with Crippen LogP contribution in [-0.2, 0) is 17.1 Å². The molecule has 3 aromatic rings. The fourth-order valence-electron chi connectivity index (χ4n) is 3.65. The van der Waals surface area contributed by atoms with Crippen LogP contribution in [0.25, 0.3) is 0 Å². The number of nitrogens with one attached hydrogen (secondary N) is 1. The van der Waals surface area contributed by atoms with Crippen molar-refractivity contribution in [2.24, 2.45) is 7.05 Å². The van der Waals surface area contributed by atoms with Crippen molar-refractivity contribution < 1.29 is 12.8 Å². The molecule has 1 fully saturated rings. The quantitative estimate of drug-likeness (QED) is 0.667. The Morgan fingerprint density at radius 3 is 2.66 bits per heavy atom. The standard InChI is InChI=1S/C20H20ClFN4O2S/c1-25-12-20(23-13-25)29(27,28)26-10-17(16-7-2-3-8-18(16)21)19(11-26)24-15-6-4-5-14(22)9-15/h2-9,12-13,17,19,24H,10-11H2,1H3/t17-,19+/m0/s1. The molecule has 1 N–H and O–H groups in total. The SMILES string of the molecule is Cn1cnc(S(=O)(=O)N2C[C@@H](Nc3cccc(F)c3)[C@H](c3ccccc3Cl)C2)c1. The zero-order valence-electron chi connectivity index (χ0n) is 15.7. The van der Waals surface area contributed by atoms with Gasteiger partial charge in [-0.05, 0) is 29.8 Å². The second-order valence-corrected chi connectivity index (χ2v) is 9.38. The van der Waals surface area contributed by atoms with E-state index in [9.17, 15) is 12.8 Å². The Kier molecular flexibility index (Phi) is 5.33. The van der Waals surface area contributed by atoms with E-state index in [1.54, 1.807) is 29.8 Å². The molecule has 1 aliphatic heterocycles. The Labute approximate surface area is 174 Å². The predicted octanol–water partition coefficient (Wildman–Crippen LogP) is 3.48. The lowest BCUT2D eigenvalue weighted by molar-refractivity contribution is 0.468. The number of benzene rings is 2. The summed E-state index contributed by atoms with van der Waals surface area (Å²) in [6.07, 6.45) is 2.93. The van der Waals surface area contributed by atoms with Crippen molar-refractivity contribution in [3.8, 4) is 0 Å². The van der Waals surface area contributed by atoms with Crippen molar-refractivity contribution in [2.75, 3.05) is 18.4 Å². The molecule has 0 aliphatic carbocycles. The molecule has 0 bridgehead atoms. The van der Waals surface area contributed by atoms with Crippen LogP contribution in [0.3, 0.4) is 0 Å². The molecule has 152 valence electrons. The second kappa shape index (κ2) is 7.78. The van der Waals surface area contributed by atoms with Gasteiger partial charge in [0.25, 0.3) is 10.0 Å². The number of aromatic nitrogens is 2. The zero-order valence-corrected chi connectivity index (χ0v) is 17.2. The number of aryl methyl sites for hydroxylation is 1. The molecule has 2 aromatic carbocycles. The number of hydrogen-bond donors (Lipinski definition) is 1. The molecule has 2 heterocycles. The lowest BCUT2D eigenvalue weighted by Crippen LogP contribution is -2.32. The minimum atomic E-state index is -3.76. The van der Waals surface area contributed by atoms with Gasteiger partial charge in [0.15, 0.2) is 5.03 Å². The summed E-state index contributed by atoms with van der Waals surface area (Å²) in [7, 11) is -2.04. The third-order valence-corrected chi connectivity index (χ3v) is 7.11. The van der Waals surface area contributed by atoms with Gasteiger partial charge in [-0.15, -0.1) is 0 Å². The Morgan fingerprint density at radius 1 is 1.17 bits per heavy atom. The third kappa shape index (κ3) is 4.01. The summed E-state index contributed by atoms with van der Waals surface area (Å²) < 4.78 is 42.8. The maximum atomic E-state index is 13.6. The topological polar surface area (TPSA) is 67.2 Å². The highest BCUT2D eigenvalue weighted by Crippen LogP contribution is 2.36. The van der Waals surface area contributed by atoms with E-state index in [1.807, 2.05) is 18.2 Å². The number of sulfonamides is 1. The molecule has 6 nitrogen and oxygen atoms in total. The number of rotatable bonds is 5. The molecular formula is C20H20ClFN4O2S. The number of hydrogen-bond acceptors (Lipinski definition) is 4. The van der Waals surface area contributed by atoms with E-state index in [0.29, 0.717) is 10.7 Å². The molecule has 0 unspecified atom stereocenters. The number of imidazole rings is 1. The van der Waals surface area contributed by atoms with Crippen LogP contribution in [0.1, 0.15) is 11.5 Å². The minimum absolute atomic E-state index is 0.00399.